The van der Waals surface area contributed by atoms with Crippen molar-refractivity contribution in [2.75, 3.05) is 0 Å². The largest absolute Gasteiger partial charge is 0.294 e. The molecule has 1 fully saturated rings. The lowest BCUT2D eigenvalue weighted by Gasteiger charge is -2.16. The van der Waals surface area contributed by atoms with E-state index in [1.165, 1.54) is 12.8 Å². The summed E-state index contributed by atoms with van der Waals surface area (Å²) in [6, 6.07) is 4.09. The van der Waals surface area contributed by atoms with Crippen molar-refractivity contribution in [3.63, 3.8) is 0 Å². The maximum atomic E-state index is 12.5. The van der Waals surface area contributed by atoms with Gasteiger partial charge in [-0.1, -0.05) is 29.3 Å². The highest BCUT2D eigenvalue weighted by molar-refractivity contribution is 9.10. The normalized spacial score (nSPS) is 24.0. The Labute approximate surface area is 112 Å². The van der Waals surface area contributed by atoms with E-state index in [9.17, 15) is 4.79 Å². The second kappa shape index (κ2) is 4.93. The van der Waals surface area contributed by atoms with Crippen LogP contribution in [0.2, 0.25) is 0 Å². The average Bonchev–Trinajstić information content (AvgIpc) is 2.69. The van der Waals surface area contributed by atoms with Gasteiger partial charge in [-0.2, -0.15) is 0 Å². The van der Waals surface area contributed by atoms with Crippen LogP contribution in [-0.2, 0) is 0 Å². The molecule has 0 N–H and O–H groups in total. The molecule has 0 bridgehead atoms. The molecule has 2 unspecified atom stereocenters. The predicted octanol–water partition coefficient (Wildman–Crippen LogP) is 4.68. The van der Waals surface area contributed by atoms with E-state index in [0.29, 0.717) is 11.7 Å². The molecule has 1 aliphatic rings. The molecular weight excluding hydrogens is 276 g/mol. The van der Waals surface area contributed by atoms with E-state index in [1.807, 2.05) is 19.9 Å². The van der Waals surface area contributed by atoms with Crippen LogP contribution >= 0.6 is 15.9 Å². The van der Waals surface area contributed by atoms with Crippen molar-refractivity contribution >= 4 is 21.7 Å². The van der Waals surface area contributed by atoms with Gasteiger partial charge in [0.1, 0.15) is 0 Å². The fourth-order valence-corrected chi connectivity index (χ4v) is 3.24. The van der Waals surface area contributed by atoms with Crippen LogP contribution in [0.1, 0.15) is 47.7 Å². The van der Waals surface area contributed by atoms with Crippen LogP contribution < -0.4 is 0 Å². The van der Waals surface area contributed by atoms with Crippen LogP contribution in [0.3, 0.4) is 0 Å². The number of aryl methyl sites for hydroxylation is 2. The van der Waals surface area contributed by atoms with Gasteiger partial charge in [-0.25, -0.2) is 0 Å². The molecule has 0 radical (unpaired) electrons. The first-order valence-electron chi connectivity index (χ1n) is 6.31. The summed E-state index contributed by atoms with van der Waals surface area (Å²) < 4.78 is 1.09. The second-order valence-corrected chi connectivity index (χ2v) is 6.15. The van der Waals surface area contributed by atoms with Gasteiger partial charge in [-0.05, 0) is 55.9 Å². The molecule has 92 valence electrons. The standard InChI is InChI=1S/C15H19BrO/c1-9-5-4-6-12(9)15(17)13-7-11(3)14(16)8-10(13)2/h7-9,12H,4-6H2,1-3H3. The van der Waals surface area contributed by atoms with Gasteiger partial charge in [0.05, 0.1) is 0 Å². The fraction of sp³-hybridized carbons (Fsp3) is 0.533. The number of rotatable bonds is 2. The summed E-state index contributed by atoms with van der Waals surface area (Å²) >= 11 is 3.51. The van der Waals surface area contributed by atoms with Gasteiger partial charge in [-0.15, -0.1) is 0 Å². The molecule has 0 amide bonds. The molecule has 1 aromatic rings. The smallest absolute Gasteiger partial charge is 0.166 e. The number of carbonyl (C=O) groups excluding carboxylic acids is 1. The van der Waals surface area contributed by atoms with Crippen molar-refractivity contribution in [2.45, 2.75) is 40.0 Å². The van der Waals surface area contributed by atoms with Gasteiger partial charge in [0, 0.05) is 16.0 Å². The molecule has 2 heteroatoms. The van der Waals surface area contributed by atoms with Gasteiger partial charge in [-0.3, -0.25) is 4.79 Å². The molecule has 0 heterocycles. The van der Waals surface area contributed by atoms with Crippen molar-refractivity contribution in [3.8, 4) is 0 Å². The fourth-order valence-electron chi connectivity index (χ4n) is 2.78. The average molecular weight is 295 g/mol. The molecule has 0 saturated heterocycles. The molecule has 0 aliphatic heterocycles. The Morgan fingerprint density at radius 3 is 2.53 bits per heavy atom. The first-order chi connectivity index (χ1) is 8.00. The third-order valence-electron chi connectivity index (χ3n) is 3.97. The van der Waals surface area contributed by atoms with Crippen molar-refractivity contribution in [2.24, 2.45) is 11.8 Å². The highest BCUT2D eigenvalue weighted by atomic mass is 79.9. The molecule has 1 aromatic carbocycles. The Balaban J connectivity index is 2.34. The third kappa shape index (κ3) is 2.47. The summed E-state index contributed by atoms with van der Waals surface area (Å²) in [7, 11) is 0. The molecular formula is C15H19BrO. The molecule has 2 atom stereocenters. The van der Waals surface area contributed by atoms with E-state index in [1.54, 1.807) is 0 Å². The first kappa shape index (κ1) is 12.8. The second-order valence-electron chi connectivity index (χ2n) is 5.30. The van der Waals surface area contributed by atoms with Crippen molar-refractivity contribution in [1.82, 2.24) is 0 Å². The zero-order valence-electron chi connectivity index (χ0n) is 10.7. The minimum absolute atomic E-state index is 0.245. The lowest BCUT2D eigenvalue weighted by molar-refractivity contribution is 0.0896. The van der Waals surface area contributed by atoms with Gasteiger partial charge < -0.3 is 0 Å². The van der Waals surface area contributed by atoms with Crippen LogP contribution in [0, 0.1) is 25.7 Å². The molecule has 1 aliphatic carbocycles. The highest BCUT2D eigenvalue weighted by Crippen LogP contribution is 2.35. The summed E-state index contributed by atoms with van der Waals surface area (Å²) in [6.45, 7) is 6.27. The summed E-state index contributed by atoms with van der Waals surface area (Å²) in [4.78, 5) is 12.5. The molecule has 0 aromatic heterocycles. The van der Waals surface area contributed by atoms with Crippen LogP contribution in [0.5, 0.6) is 0 Å². The van der Waals surface area contributed by atoms with E-state index >= 15 is 0 Å². The summed E-state index contributed by atoms with van der Waals surface area (Å²) in [5.41, 5.74) is 3.15. The molecule has 2 rings (SSSR count). The Bertz CT molecular complexity index is 450. The lowest BCUT2D eigenvalue weighted by Crippen LogP contribution is -2.18. The zero-order valence-corrected chi connectivity index (χ0v) is 12.3. The molecule has 1 nitrogen and oxygen atoms in total. The van der Waals surface area contributed by atoms with E-state index in [0.717, 1.165) is 27.6 Å². The summed E-state index contributed by atoms with van der Waals surface area (Å²) in [6.07, 6.45) is 3.46. The first-order valence-corrected chi connectivity index (χ1v) is 7.11. The molecule has 0 spiro atoms. The summed E-state index contributed by atoms with van der Waals surface area (Å²) in [5, 5.41) is 0. The molecule has 17 heavy (non-hydrogen) atoms. The quantitative estimate of drug-likeness (QED) is 0.724. The van der Waals surface area contributed by atoms with Crippen LogP contribution in [0.15, 0.2) is 16.6 Å². The van der Waals surface area contributed by atoms with Gasteiger partial charge in [0.15, 0.2) is 5.78 Å². The number of hydrogen-bond donors (Lipinski definition) is 0. The van der Waals surface area contributed by atoms with Gasteiger partial charge >= 0.3 is 0 Å². The molecule has 1 saturated carbocycles. The number of halogens is 1. The Kier molecular flexibility index (Phi) is 3.72. The maximum absolute atomic E-state index is 12.5. The minimum Gasteiger partial charge on any atom is -0.294 e. The predicted molar refractivity (Wildman–Crippen MR) is 74.5 cm³/mol. The number of Topliss-reactive ketones (excluding diaryl/α,β-unsaturated/α-hetero) is 1. The maximum Gasteiger partial charge on any atom is 0.166 e. The van der Waals surface area contributed by atoms with E-state index in [2.05, 4.69) is 28.9 Å². The SMILES string of the molecule is Cc1cc(C(=O)C2CCCC2C)c(C)cc1Br. The third-order valence-corrected chi connectivity index (χ3v) is 4.82. The number of ketones is 1. The van der Waals surface area contributed by atoms with Crippen molar-refractivity contribution in [3.05, 3.63) is 33.3 Å². The zero-order chi connectivity index (χ0) is 12.6. The van der Waals surface area contributed by atoms with E-state index in [-0.39, 0.29) is 5.92 Å². The minimum atomic E-state index is 0.245. The van der Waals surface area contributed by atoms with Crippen LogP contribution in [0.4, 0.5) is 0 Å². The number of carbonyl (C=O) groups is 1. The Morgan fingerprint density at radius 2 is 1.94 bits per heavy atom. The van der Waals surface area contributed by atoms with Crippen LogP contribution in [-0.4, -0.2) is 5.78 Å². The monoisotopic (exact) mass is 294 g/mol. The van der Waals surface area contributed by atoms with Crippen LogP contribution in [0.25, 0.3) is 0 Å². The van der Waals surface area contributed by atoms with Gasteiger partial charge in [0.2, 0.25) is 0 Å². The lowest BCUT2D eigenvalue weighted by atomic mass is 9.87. The van der Waals surface area contributed by atoms with Crippen molar-refractivity contribution < 1.29 is 4.79 Å². The van der Waals surface area contributed by atoms with E-state index in [4.69, 9.17) is 0 Å². The number of hydrogen-bond acceptors (Lipinski definition) is 1. The summed E-state index contributed by atoms with van der Waals surface area (Å²) in [5.74, 6) is 1.14. The highest BCUT2D eigenvalue weighted by Gasteiger charge is 2.31. The Hall–Kier alpha value is -0.630. The topological polar surface area (TPSA) is 17.1 Å². The van der Waals surface area contributed by atoms with Gasteiger partial charge in [0.25, 0.3) is 0 Å². The number of benzene rings is 1. The Morgan fingerprint density at radius 1 is 1.24 bits per heavy atom. The van der Waals surface area contributed by atoms with E-state index < -0.39 is 0 Å². The van der Waals surface area contributed by atoms with Crippen molar-refractivity contribution in [1.29, 1.82) is 0 Å².